The highest BCUT2D eigenvalue weighted by Gasteiger charge is 2.48. The molecule has 0 aromatic heterocycles. The molecule has 1 aromatic carbocycles. The minimum Gasteiger partial charge on any atom is -0.396 e. The number of halogens is 4. The summed E-state index contributed by atoms with van der Waals surface area (Å²) in [7, 11) is 0. The maximum atomic E-state index is 13.1. The third-order valence-electron chi connectivity index (χ3n) is 3.84. The van der Waals surface area contributed by atoms with Gasteiger partial charge < -0.3 is 25.2 Å². The molecule has 3 aliphatic rings. The van der Waals surface area contributed by atoms with Gasteiger partial charge in [0, 0.05) is 5.56 Å². The molecule has 3 unspecified atom stereocenters. The minimum absolute atomic E-state index is 0.0415. The number of hydrogen-bond acceptors (Lipinski definition) is 6. The summed E-state index contributed by atoms with van der Waals surface area (Å²) in [4.78, 5) is 4.30. The third-order valence-corrected chi connectivity index (χ3v) is 4.57. The number of benzene rings is 1. The van der Waals surface area contributed by atoms with Gasteiger partial charge in [-0.15, -0.1) is 8.78 Å². The lowest BCUT2D eigenvalue weighted by atomic mass is 10.0. The van der Waals surface area contributed by atoms with E-state index in [1.165, 1.54) is 18.2 Å². The molecule has 1 aromatic rings. The van der Waals surface area contributed by atoms with Crippen LogP contribution in [-0.2, 0) is 9.47 Å². The first-order valence-corrected chi connectivity index (χ1v) is 8.00. The van der Waals surface area contributed by atoms with Crippen LogP contribution >= 0.6 is 23.2 Å². The predicted octanol–water partition coefficient (Wildman–Crippen LogP) is 2.65. The van der Waals surface area contributed by atoms with Crippen molar-refractivity contribution in [1.29, 1.82) is 0 Å². The molecule has 0 saturated carbocycles. The second-order valence-electron chi connectivity index (χ2n) is 5.59. The number of nitrogens with zero attached hydrogens (tertiary/aromatic N) is 1. The lowest BCUT2D eigenvalue weighted by Gasteiger charge is -2.18. The van der Waals surface area contributed by atoms with Crippen molar-refractivity contribution in [2.24, 2.45) is 4.99 Å². The number of aliphatic imine (C=N–C) groups is 1. The number of hydrogen-bond donors (Lipinski definition) is 3. The minimum atomic E-state index is -3.66. The van der Waals surface area contributed by atoms with Crippen LogP contribution in [0.4, 0.5) is 8.78 Å². The Kier molecular flexibility index (Phi) is 3.78. The van der Waals surface area contributed by atoms with Crippen LogP contribution < -0.4 is 10.6 Å². The van der Waals surface area contributed by atoms with Crippen LogP contribution in [0.5, 0.6) is 0 Å². The Morgan fingerprint density at radius 2 is 1.92 bits per heavy atom. The van der Waals surface area contributed by atoms with Gasteiger partial charge in [-0.05, 0) is 24.3 Å². The molecular formula is C15H11Cl2F2N3O3. The van der Waals surface area contributed by atoms with Gasteiger partial charge in [-0.2, -0.15) is 0 Å². The van der Waals surface area contributed by atoms with Crippen molar-refractivity contribution >= 4 is 29.2 Å². The number of alkyl halides is 2. The lowest BCUT2D eigenvalue weighted by Crippen LogP contribution is -2.41. The van der Waals surface area contributed by atoms with Crippen molar-refractivity contribution in [2.75, 3.05) is 0 Å². The van der Waals surface area contributed by atoms with Crippen molar-refractivity contribution in [1.82, 2.24) is 10.6 Å². The molecule has 2 heterocycles. The van der Waals surface area contributed by atoms with Crippen molar-refractivity contribution in [3.05, 3.63) is 57.5 Å². The van der Waals surface area contributed by atoms with Gasteiger partial charge in [0.2, 0.25) is 0 Å². The zero-order valence-electron chi connectivity index (χ0n) is 12.3. The van der Waals surface area contributed by atoms with Gasteiger partial charge in [-0.1, -0.05) is 29.3 Å². The van der Waals surface area contributed by atoms with E-state index in [0.29, 0.717) is 21.6 Å². The molecule has 0 amide bonds. The summed E-state index contributed by atoms with van der Waals surface area (Å²) in [6, 6.07) is 3.87. The molecule has 10 heteroatoms. The third kappa shape index (κ3) is 3.12. The number of ether oxygens (including phenoxy) is 2. The molecule has 25 heavy (non-hydrogen) atoms. The molecule has 132 valence electrons. The molecule has 3 N–H and O–H groups in total. The van der Waals surface area contributed by atoms with Gasteiger partial charge in [0.1, 0.15) is 0 Å². The molecule has 1 saturated heterocycles. The predicted molar refractivity (Wildman–Crippen MR) is 86.0 cm³/mol. The zero-order chi connectivity index (χ0) is 17.8. The summed E-state index contributed by atoms with van der Waals surface area (Å²) >= 11 is 11.8. The fourth-order valence-electron chi connectivity index (χ4n) is 2.69. The molecule has 4 rings (SSSR count). The summed E-state index contributed by atoms with van der Waals surface area (Å²) in [5, 5.41) is 16.7. The number of guanidine groups is 1. The smallest absolute Gasteiger partial charge is 0.396 e. The Labute approximate surface area is 150 Å². The van der Waals surface area contributed by atoms with E-state index in [1.54, 1.807) is 12.1 Å². The molecular weight excluding hydrogens is 379 g/mol. The van der Waals surface area contributed by atoms with Gasteiger partial charge in [-0.25, -0.2) is 4.99 Å². The fraction of sp³-hybridized carbons (Fsp3) is 0.267. The topological polar surface area (TPSA) is 75.1 Å². The molecule has 1 fully saturated rings. The molecule has 0 bridgehead atoms. The molecule has 1 aliphatic carbocycles. The quantitative estimate of drug-likeness (QED) is 0.678. The molecule has 0 radical (unpaired) electrons. The Balaban J connectivity index is 1.48. The number of rotatable bonds is 2. The van der Waals surface area contributed by atoms with E-state index >= 15 is 0 Å². The SMILES string of the molecule is OC(NC1=NC2C=C3OC(F)(F)OC3=CC2N1)c1ccc(Cl)c(Cl)c1. The monoisotopic (exact) mass is 389 g/mol. The summed E-state index contributed by atoms with van der Waals surface area (Å²) in [5.41, 5.74) is 0.494. The Morgan fingerprint density at radius 1 is 1.20 bits per heavy atom. The Hall–Kier alpha value is -2.03. The highest BCUT2D eigenvalue weighted by atomic mass is 35.5. The van der Waals surface area contributed by atoms with Gasteiger partial charge >= 0.3 is 6.29 Å². The van der Waals surface area contributed by atoms with E-state index in [9.17, 15) is 13.9 Å². The highest BCUT2D eigenvalue weighted by Crippen LogP contribution is 2.40. The standard InChI is InChI=1S/C15H11Cl2F2N3O3/c16-7-2-1-6(3-8(7)17)13(23)22-14-20-9-4-11-12(5-10(9)21-14)25-15(18,19)24-11/h1-5,9-10,13,23H,(H2,20,21,22). The first kappa shape index (κ1) is 16.4. The normalized spacial score (nSPS) is 26.8. The van der Waals surface area contributed by atoms with E-state index in [2.05, 4.69) is 25.1 Å². The van der Waals surface area contributed by atoms with Crippen molar-refractivity contribution in [2.45, 2.75) is 24.6 Å². The van der Waals surface area contributed by atoms with Crippen LogP contribution in [0.3, 0.4) is 0 Å². The van der Waals surface area contributed by atoms with E-state index < -0.39 is 18.6 Å². The van der Waals surface area contributed by atoms with Crippen LogP contribution in [0, 0.1) is 0 Å². The molecule has 6 nitrogen and oxygen atoms in total. The second-order valence-corrected chi connectivity index (χ2v) is 6.40. The fourth-order valence-corrected chi connectivity index (χ4v) is 3.00. The number of fused-ring (bicyclic) bond motifs is 2. The number of nitrogens with one attached hydrogen (secondary N) is 2. The van der Waals surface area contributed by atoms with Gasteiger partial charge in [0.15, 0.2) is 23.7 Å². The van der Waals surface area contributed by atoms with Crippen LogP contribution in [0.15, 0.2) is 46.9 Å². The highest BCUT2D eigenvalue weighted by molar-refractivity contribution is 6.42. The van der Waals surface area contributed by atoms with Crippen molar-refractivity contribution in [3.8, 4) is 0 Å². The Bertz CT molecular complexity index is 828. The van der Waals surface area contributed by atoms with Gasteiger partial charge in [0.25, 0.3) is 0 Å². The summed E-state index contributed by atoms with van der Waals surface area (Å²) in [6.45, 7) is 0. The van der Waals surface area contributed by atoms with Crippen LogP contribution in [-0.4, -0.2) is 29.4 Å². The van der Waals surface area contributed by atoms with E-state index in [0.717, 1.165) is 0 Å². The maximum Gasteiger partial charge on any atom is 0.586 e. The van der Waals surface area contributed by atoms with E-state index in [4.69, 9.17) is 23.2 Å². The average Bonchev–Trinajstić information content (AvgIpc) is 3.04. The van der Waals surface area contributed by atoms with E-state index in [-0.39, 0.29) is 17.6 Å². The second kappa shape index (κ2) is 5.76. The number of aliphatic hydroxyl groups is 1. The summed E-state index contributed by atoms with van der Waals surface area (Å²) in [5.74, 6) is 0.206. The van der Waals surface area contributed by atoms with Crippen molar-refractivity contribution in [3.63, 3.8) is 0 Å². The maximum absolute atomic E-state index is 13.1. The summed E-state index contributed by atoms with van der Waals surface area (Å²) in [6.07, 6.45) is -1.85. The molecule has 2 aliphatic heterocycles. The van der Waals surface area contributed by atoms with Crippen molar-refractivity contribution < 1.29 is 23.4 Å². The van der Waals surface area contributed by atoms with Crippen LogP contribution in [0.1, 0.15) is 11.8 Å². The average molecular weight is 390 g/mol. The zero-order valence-corrected chi connectivity index (χ0v) is 13.9. The van der Waals surface area contributed by atoms with Gasteiger partial charge in [-0.3, -0.25) is 0 Å². The first-order valence-electron chi connectivity index (χ1n) is 7.24. The summed E-state index contributed by atoms with van der Waals surface area (Å²) < 4.78 is 35.0. The van der Waals surface area contributed by atoms with Crippen LogP contribution in [0.25, 0.3) is 0 Å². The Morgan fingerprint density at radius 3 is 2.64 bits per heavy atom. The largest absolute Gasteiger partial charge is 0.586 e. The van der Waals surface area contributed by atoms with Crippen LogP contribution in [0.2, 0.25) is 10.0 Å². The number of aliphatic hydroxyl groups excluding tert-OH is 1. The molecule has 0 spiro atoms. The van der Waals surface area contributed by atoms with Gasteiger partial charge in [0.05, 0.1) is 22.1 Å². The first-order chi connectivity index (χ1) is 11.8. The molecule has 3 atom stereocenters. The van der Waals surface area contributed by atoms with E-state index in [1.807, 2.05) is 0 Å². The lowest BCUT2D eigenvalue weighted by molar-refractivity contribution is -0.326.